The highest BCUT2D eigenvalue weighted by molar-refractivity contribution is 5.46. The number of hydroxylamine groups is 2. The third-order valence-corrected chi connectivity index (χ3v) is 2.18. The zero-order valence-corrected chi connectivity index (χ0v) is 11.8. The van der Waals surface area contributed by atoms with E-state index in [9.17, 15) is 9.18 Å². The first-order chi connectivity index (χ1) is 9.35. The summed E-state index contributed by atoms with van der Waals surface area (Å²) >= 11 is 0. The number of halogens is 1. The van der Waals surface area contributed by atoms with Crippen LogP contribution in [0, 0.1) is 17.7 Å². The van der Waals surface area contributed by atoms with Gasteiger partial charge >= 0.3 is 0 Å². The summed E-state index contributed by atoms with van der Waals surface area (Å²) in [6.07, 6.45) is 0.577. The third kappa shape index (κ3) is 5.39. The second-order valence-electron chi connectivity index (χ2n) is 5.16. The molecule has 0 aromatic heterocycles. The minimum atomic E-state index is -0.500. The van der Waals surface area contributed by atoms with Crippen LogP contribution >= 0.6 is 0 Å². The molecule has 0 aliphatic rings. The first-order valence-corrected chi connectivity index (χ1v) is 6.15. The van der Waals surface area contributed by atoms with Gasteiger partial charge in [-0.05, 0) is 38.5 Å². The van der Waals surface area contributed by atoms with Crippen LogP contribution in [-0.4, -0.2) is 28.8 Å². The molecule has 1 N–H and O–H groups in total. The molecule has 0 bridgehead atoms. The van der Waals surface area contributed by atoms with Gasteiger partial charge in [0.2, 0.25) is 6.41 Å². The van der Waals surface area contributed by atoms with Crippen LogP contribution in [0.4, 0.5) is 4.39 Å². The molecule has 1 amide bonds. The first kappa shape index (κ1) is 16.2. The number of rotatable bonds is 4. The lowest BCUT2D eigenvalue weighted by Gasteiger charge is -2.26. The Kier molecular flexibility index (Phi) is 5.68. The maximum atomic E-state index is 13.5. The van der Waals surface area contributed by atoms with E-state index in [0.717, 1.165) is 5.06 Å². The fourth-order valence-electron chi connectivity index (χ4n) is 1.52. The van der Waals surface area contributed by atoms with E-state index >= 15 is 0 Å². The number of nitrogens with zero attached hydrogens (tertiary/aromatic N) is 1. The van der Waals surface area contributed by atoms with E-state index in [1.165, 1.54) is 12.1 Å². The SMILES string of the molecule is CC(C)(C)ON(C=O)Cc1ccc(F)c(C#CCO)c1. The van der Waals surface area contributed by atoms with Crippen LogP contribution in [0.2, 0.25) is 0 Å². The van der Waals surface area contributed by atoms with Crippen LogP contribution in [0.15, 0.2) is 18.2 Å². The van der Waals surface area contributed by atoms with Gasteiger partial charge in [-0.25, -0.2) is 9.45 Å². The zero-order chi connectivity index (χ0) is 15.2. The Morgan fingerprint density at radius 1 is 1.45 bits per heavy atom. The molecule has 0 radical (unpaired) electrons. The van der Waals surface area contributed by atoms with Crippen molar-refractivity contribution in [3.05, 3.63) is 35.1 Å². The van der Waals surface area contributed by atoms with Crippen molar-refractivity contribution in [2.45, 2.75) is 32.9 Å². The number of aliphatic hydroxyl groups excluding tert-OH is 1. The van der Waals surface area contributed by atoms with Crippen molar-refractivity contribution in [2.75, 3.05) is 6.61 Å². The van der Waals surface area contributed by atoms with Crippen molar-refractivity contribution >= 4 is 6.41 Å². The number of benzene rings is 1. The maximum absolute atomic E-state index is 13.5. The first-order valence-electron chi connectivity index (χ1n) is 6.15. The normalized spacial score (nSPS) is 10.7. The molecule has 108 valence electrons. The molecule has 1 aromatic carbocycles. The fourth-order valence-corrected chi connectivity index (χ4v) is 1.52. The van der Waals surface area contributed by atoms with Crippen molar-refractivity contribution in [2.24, 2.45) is 0 Å². The smallest absolute Gasteiger partial charge is 0.233 e. The maximum Gasteiger partial charge on any atom is 0.233 e. The van der Waals surface area contributed by atoms with Gasteiger partial charge in [0.05, 0.1) is 17.7 Å². The molecule has 1 rings (SSSR count). The van der Waals surface area contributed by atoms with E-state index in [1.807, 2.05) is 20.8 Å². The molecule has 0 atom stereocenters. The highest BCUT2D eigenvalue weighted by Gasteiger charge is 2.16. The molecule has 0 unspecified atom stereocenters. The summed E-state index contributed by atoms with van der Waals surface area (Å²) in [5, 5.41) is 9.78. The third-order valence-electron chi connectivity index (χ3n) is 2.18. The van der Waals surface area contributed by atoms with Gasteiger partial charge in [-0.3, -0.25) is 9.63 Å². The predicted octanol–water partition coefficient (Wildman–Crippen LogP) is 1.86. The highest BCUT2D eigenvalue weighted by Crippen LogP contribution is 2.15. The second kappa shape index (κ2) is 7.04. The standard InChI is InChI=1S/C15H18FNO3/c1-15(2,3)20-17(11-19)10-12-6-7-14(16)13(9-12)5-4-8-18/h6-7,9,11,18H,8,10H2,1-3H3. The topological polar surface area (TPSA) is 49.8 Å². The van der Waals surface area contributed by atoms with Crippen LogP contribution in [-0.2, 0) is 16.2 Å². The quantitative estimate of drug-likeness (QED) is 0.520. The number of hydrogen-bond donors (Lipinski definition) is 1. The summed E-state index contributed by atoms with van der Waals surface area (Å²) < 4.78 is 13.5. The molecule has 1 aromatic rings. The average Bonchev–Trinajstić information content (AvgIpc) is 2.37. The average molecular weight is 279 g/mol. The van der Waals surface area contributed by atoms with E-state index in [2.05, 4.69) is 11.8 Å². The summed E-state index contributed by atoms with van der Waals surface area (Å²) in [6, 6.07) is 4.36. The van der Waals surface area contributed by atoms with Gasteiger partial charge in [-0.15, -0.1) is 0 Å². The van der Waals surface area contributed by atoms with Crippen LogP contribution in [0.5, 0.6) is 0 Å². The second-order valence-corrected chi connectivity index (χ2v) is 5.16. The zero-order valence-electron chi connectivity index (χ0n) is 11.8. The summed E-state index contributed by atoms with van der Waals surface area (Å²) in [6.45, 7) is 5.33. The molecule has 0 fully saturated rings. The number of carbonyl (C=O) groups excluding carboxylic acids is 1. The Labute approximate surface area is 118 Å². The van der Waals surface area contributed by atoms with Gasteiger partial charge in [-0.2, -0.15) is 0 Å². The molecular formula is C15H18FNO3. The van der Waals surface area contributed by atoms with Gasteiger partial charge in [0.1, 0.15) is 12.4 Å². The van der Waals surface area contributed by atoms with Crippen LogP contribution in [0.25, 0.3) is 0 Å². The van der Waals surface area contributed by atoms with E-state index in [4.69, 9.17) is 9.94 Å². The molecule has 0 heterocycles. The summed E-state index contributed by atoms with van der Waals surface area (Å²) in [4.78, 5) is 16.4. The van der Waals surface area contributed by atoms with Gasteiger partial charge < -0.3 is 5.11 Å². The summed E-state index contributed by atoms with van der Waals surface area (Å²) in [5.74, 6) is 4.44. The van der Waals surface area contributed by atoms with Crippen LogP contribution in [0.3, 0.4) is 0 Å². The molecule has 0 saturated heterocycles. The number of carbonyl (C=O) groups is 1. The van der Waals surface area contributed by atoms with Crippen molar-refractivity contribution in [1.29, 1.82) is 0 Å². The van der Waals surface area contributed by atoms with Crippen molar-refractivity contribution in [3.63, 3.8) is 0 Å². The van der Waals surface area contributed by atoms with Crippen molar-refractivity contribution < 1.29 is 19.1 Å². The van der Waals surface area contributed by atoms with Gasteiger partial charge in [-0.1, -0.05) is 17.9 Å². The molecule has 0 aliphatic carbocycles. The van der Waals surface area contributed by atoms with Crippen molar-refractivity contribution in [3.8, 4) is 11.8 Å². The minimum Gasteiger partial charge on any atom is -0.384 e. The fraction of sp³-hybridized carbons (Fsp3) is 0.400. The molecule has 20 heavy (non-hydrogen) atoms. The van der Waals surface area contributed by atoms with E-state index in [1.54, 1.807) is 6.07 Å². The molecule has 0 saturated carbocycles. The Morgan fingerprint density at radius 3 is 2.70 bits per heavy atom. The summed E-state index contributed by atoms with van der Waals surface area (Å²) in [5.41, 5.74) is 0.364. The Morgan fingerprint density at radius 2 is 2.15 bits per heavy atom. The lowest BCUT2D eigenvalue weighted by atomic mass is 10.1. The molecule has 0 aliphatic heterocycles. The van der Waals surface area contributed by atoms with Crippen LogP contribution in [0.1, 0.15) is 31.9 Å². The Balaban J connectivity index is 2.89. The molecule has 5 heteroatoms. The van der Waals surface area contributed by atoms with E-state index in [0.29, 0.717) is 12.0 Å². The largest absolute Gasteiger partial charge is 0.384 e. The van der Waals surface area contributed by atoms with E-state index in [-0.39, 0.29) is 18.7 Å². The Bertz CT molecular complexity index is 526. The van der Waals surface area contributed by atoms with E-state index < -0.39 is 11.4 Å². The number of hydrogen-bond acceptors (Lipinski definition) is 3. The molecule has 4 nitrogen and oxygen atoms in total. The van der Waals surface area contributed by atoms with Crippen molar-refractivity contribution in [1.82, 2.24) is 5.06 Å². The lowest BCUT2D eigenvalue weighted by Crippen LogP contribution is -2.32. The van der Waals surface area contributed by atoms with Gasteiger partial charge in [0.15, 0.2) is 0 Å². The predicted molar refractivity (Wildman–Crippen MR) is 72.8 cm³/mol. The summed E-state index contributed by atoms with van der Waals surface area (Å²) in [7, 11) is 0. The highest BCUT2D eigenvalue weighted by atomic mass is 19.1. The lowest BCUT2D eigenvalue weighted by molar-refractivity contribution is -0.220. The van der Waals surface area contributed by atoms with Crippen LogP contribution < -0.4 is 0 Å². The minimum absolute atomic E-state index is 0.179. The molecular weight excluding hydrogens is 261 g/mol. The molecule has 0 spiro atoms. The monoisotopic (exact) mass is 279 g/mol. The number of amides is 1. The van der Waals surface area contributed by atoms with Gasteiger partial charge in [0.25, 0.3) is 0 Å². The van der Waals surface area contributed by atoms with Gasteiger partial charge in [0, 0.05) is 0 Å². The number of aliphatic hydroxyl groups is 1. The Hall–Kier alpha value is -1.90.